The number of rotatable bonds is 7. The zero-order chi connectivity index (χ0) is 19.8. The van der Waals surface area contributed by atoms with Crippen LogP contribution in [0.2, 0.25) is 0 Å². The fourth-order valence-corrected chi connectivity index (χ4v) is 2.63. The van der Waals surface area contributed by atoms with Crippen LogP contribution in [0.4, 0.5) is 11.4 Å². The van der Waals surface area contributed by atoms with Gasteiger partial charge in [-0.25, -0.2) is 0 Å². The van der Waals surface area contributed by atoms with Gasteiger partial charge in [-0.15, -0.1) is 0 Å². The fourth-order valence-electron chi connectivity index (χ4n) is 2.63. The summed E-state index contributed by atoms with van der Waals surface area (Å²) in [5.74, 6) is 1.07. The van der Waals surface area contributed by atoms with Gasteiger partial charge in [0.2, 0.25) is 11.8 Å². The maximum Gasteiger partial charge on any atom is 0.248 e. The lowest BCUT2D eigenvalue weighted by Gasteiger charge is -2.06. The predicted octanol–water partition coefficient (Wildman–Crippen LogP) is 5.34. The van der Waals surface area contributed by atoms with Crippen LogP contribution < -0.4 is 10.6 Å². The van der Waals surface area contributed by atoms with Crippen molar-refractivity contribution >= 4 is 29.3 Å². The number of furan rings is 1. The Morgan fingerprint density at radius 1 is 0.893 bits per heavy atom. The summed E-state index contributed by atoms with van der Waals surface area (Å²) in [6.07, 6.45) is 4.34. The second-order valence-corrected chi connectivity index (χ2v) is 6.27. The summed E-state index contributed by atoms with van der Waals surface area (Å²) in [5.41, 5.74) is 2.33. The highest BCUT2D eigenvalue weighted by molar-refractivity contribution is 6.02. The lowest BCUT2D eigenvalue weighted by atomic mass is 10.2. The molecule has 0 aliphatic rings. The summed E-state index contributed by atoms with van der Waals surface area (Å²) in [6.45, 7) is 1.96. The van der Waals surface area contributed by atoms with Crippen molar-refractivity contribution in [2.24, 2.45) is 0 Å². The molecule has 2 amide bonds. The molecule has 0 fully saturated rings. The lowest BCUT2D eigenvalue weighted by molar-refractivity contribution is -0.116. The number of anilines is 2. The molecular formula is C23H22N2O3. The van der Waals surface area contributed by atoms with E-state index in [4.69, 9.17) is 4.42 Å². The zero-order valence-corrected chi connectivity index (χ0v) is 15.6. The summed E-state index contributed by atoms with van der Waals surface area (Å²) >= 11 is 0. The van der Waals surface area contributed by atoms with Gasteiger partial charge in [0.1, 0.15) is 11.5 Å². The molecule has 2 N–H and O–H groups in total. The average molecular weight is 374 g/mol. The maximum absolute atomic E-state index is 12.1. The smallest absolute Gasteiger partial charge is 0.248 e. The number of carbonyl (C=O) groups is 2. The van der Waals surface area contributed by atoms with Crippen LogP contribution in [0.15, 0.2) is 77.2 Å². The van der Waals surface area contributed by atoms with Gasteiger partial charge in [0, 0.05) is 29.4 Å². The summed E-state index contributed by atoms with van der Waals surface area (Å²) in [5, 5.41) is 5.58. The van der Waals surface area contributed by atoms with E-state index in [1.165, 1.54) is 6.08 Å². The van der Waals surface area contributed by atoms with E-state index in [1.54, 1.807) is 30.3 Å². The SMILES string of the molecule is CCCC(=O)Nc1ccc(NC(=O)/C=C/c2ccc(-c3ccccc3)o2)cc1. The van der Waals surface area contributed by atoms with Crippen LogP contribution in [0.1, 0.15) is 25.5 Å². The molecular weight excluding hydrogens is 352 g/mol. The Kier molecular flexibility index (Phi) is 6.41. The van der Waals surface area contributed by atoms with Gasteiger partial charge in [-0.3, -0.25) is 9.59 Å². The molecule has 28 heavy (non-hydrogen) atoms. The van der Waals surface area contributed by atoms with Crippen LogP contribution in [0.5, 0.6) is 0 Å². The van der Waals surface area contributed by atoms with Crippen molar-refractivity contribution in [2.75, 3.05) is 10.6 Å². The molecule has 5 nitrogen and oxygen atoms in total. The first kappa shape index (κ1) is 19.2. The van der Waals surface area contributed by atoms with Crippen LogP contribution in [0, 0.1) is 0 Å². The van der Waals surface area contributed by atoms with Crippen molar-refractivity contribution in [1.82, 2.24) is 0 Å². The van der Waals surface area contributed by atoms with Crippen molar-refractivity contribution < 1.29 is 14.0 Å². The second kappa shape index (κ2) is 9.37. The van der Waals surface area contributed by atoms with Crippen molar-refractivity contribution in [1.29, 1.82) is 0 Å². The third-order valence-corrected chi connectivity index (χ3v) is 4.00. The van der Waals surface area contributed by atoms with E-state index < -0.39 is 0 Å². The van der Waals surface area contributed by atoms with E-state index in [0.29, 0.717) is 23.6 Å². The molecule has 142 valence electrons. The minimum Gasteiger partial charge on any atom is -0.457 e. The van der Waals surface area contributed by atoms with E-state index in [0.717, 1.165) is 17.7 Å². The minimum absolute atomic E-state index is 0.0180. The Morgan fingerprint density at radius 2 is 1.57 bits per heavy atom. The Morgan fingerprint density at radius 3 is 2.25 bits per heavy atom. The quantitative estimate of drug-likeness (QED) is 0.549. The Labute approximate surface area is 164 Å². The molecule has 1 aromatic heterocycles. The molecule has 0 saturated heterocycles. The number of hydrogen-bond donors (Lipinski definition) is 2. The Balaban J connectivity index is 1.55. The number of amides is 2. The lowest BCUT2D eigenvalue weighted by Crippen LogP contribution is -2.11. The predicted molar refractivity (Wildman–Crippen MR) is 112 cm³/mol. The van der Waals surface area contributed by atoms with Gasteiger partial charge in [0.05, 0.1) is 0 Å². The molecule has 0 saturated carbocycles. The van der Waals surface area contributed by atoms with Crippen LogP contribution in [0.3, 0.4) is 0 Å². The highest BCUT2D eigenvalue weighted by Crippen LogP contribution is 2.22. The van der Waals surface area contributed by atoms with Gasteiger partial charge in [-0.05, 0) is 48.9 Å². The third-order valence-electron chi connectivity index (χ3n) is 4.00. The first-order valence-electron chi connectivity index (χ1n) is 9.18. The number of hydrogen-bond acceptors (Lipinski definition) is 3. The van der Waals surface area contributed by atoms with Crippen molar-refractivity contribution in [2.45, 2.75) is 19.8 Å². The van der Waals surface area contributed by atoms with Gasteiger partial charge in [0.15, 0.2) is 0 Å². The van der Waals surface area contributed by atoms with Crippen LogP contribution >= 0.6 is 0 Å². The molecule has 2 aromatic carbocycles. The van der Waals surface area contributed by atoms with Crippen molar-refractivity contribution in [3.05, 3.63) is 78.6 Å². The van der Waals surface area contributed by atoms with Crippen LogP contribution in [-0.2, 0) is 9.59 Å². The molecule has 0 radical (unpaired) electrons. The molecule has 0 aliphatic carbocycles. The first-order valence-corrected chi connectivity index (χ1v) is 9.18. The van der Waals surface area contributed by atoms with Crippen molar-refractivity contribution in [3.8, 4) is 11.3 Å². The van der Waals surface area contributed by atoms with Gasteiger partial charge < -0.3 is 15.1 Å². The zero-order valence-electron chi connectivity index (χ0n) is 15.6. The summed E-state index contributed by atoms with van der Waals surface area (Å²) in [7, 11) is 0. The minimum atomic E-state index is -0.263. The number of nitrogens with one attached hydrogen (secondary N) is 2. The summed E-state index contributed by atoms with van der Waals surface area (Å²) < 4.78 is 5.74. The van der Waals surface area contributed by atoms with Crippen LogP contribution in [0.25, 0.3) is 17.4 Å². The van der Waals surface area contributed by atoms with Gasteiger partial charge >= 0.3 is 0 Å². The van der Waals surface area contributed by atoms with E-state index in [-0.39, 0.29) is 11.8 Å². The Hall–Kier alpha value is -3.60. The molecule has 0 unspecified atom stereocenters. The van der Waals surface area contributed by atoms with Crippen molar-refractivity contribution in [3.63, 3.8) is 0 Å². The second-order valence-electron chi connectivity index (χ2n) is 6.27. The topological polar surface area (TPSA) is 71.3 Å². The third kappa shape index (κ3) is 5.45. The molecule has 0 spiro atoms. The van der Waals surface area contributed by atoms with E-state index in [1.807, 2.05) is 49.4 Å². The van der Waals surface area contributed by atoms with Gasteiger partial charge in [-0.2, -0.15) is 0 Å². The maximum atomic E-state index is 12.1. The van der Waals surface area contributed by atoms with Crippen LogP contribution in [-0.4, -0.2) is 11.8 Å². The van der Waals surface area contributed by atoms with E-state index in [2.05, 4.69) is 10.6 Å². The monoisotopic (exact) mass is 374 g/mol. The molecule has 3 rings (SSSR count). The summed E-state index contributed by atoms with van der Waals surface area (Å²) in [6, 6.07) is 20.5. The summed E-state index contributed by atoms with van der Waals surface area (Å²) in [4.78, 5) is 23.7. The number of carbonyl (C=O) groups excluding carboxylic acids is 2. The molecule has 0 bridgehead atoms. The van der Waals surface area contributed by atoms with Gasteiger partial charge in [-0.1, -0.05) is 37.3 Å². The highest BCUT2D eigenvalue weighted by Gasteiger charge is 2.04. The normalized spacial score (nSPS) is 10.8. The first-order chi connectivity index (χ1) is 13.6. The molecule has 0 aliphatic heterocycles. The molecule has 5 heteroatoms. The standard InChI is InChI=1S/C23H22N2O3/c1-2-6-22(26)24-18-9-11-19(12-10-18)25-23(27)16-14-20-13-15-21(28-20)17-7-4-3-5-8-17/h3-5,7-16H,2,6H2,1H3,(H,24,26)(H,25,27)/b16-14+. The average Bonchev–Trinajstić information content (AvgIpc) is 3.18. The van der Waals surface area contributed by atoms with E-state index in [9.17, 15) is 9.59 Å². The molecule has 3 aromatic rings. The van der Waals surface area contributed by atoms with Gasteiger partial charge in [0.25, 0.3) is 0 Å². The largest absolute Gasteiger partial charge is 0.457 e. The number of benzene rings is 2. The van der Waals surface area contributed by atoms with E-state index >= 15 is 0 Å². The fraction of sp³-hybridized carbons (Fsp3) is 0.130. The molecule has 0 atom stereocenters. The molecule has 1 heterocycles. The Bertz CT molecular complexity index is 957. The highest BCUT2D eigenvalue weighted by atomic mass is 16.3.